The van der Waals surface area contributed by atoms with E-state index in [4.69, 9.17) is 5.10 Å². The van der Waals surface area contributed by atoms with E-state index < -0.39 is 0 Å². The van der Waals surface area contributed by atoms with Crippen LogP contribution in [0.15, 0.2) is 36.5 Å². The van der Waals surface area contributed by atoms with E-state index in [9.17, 15) is 9.59 Å². The van der Waals surface area contributed by atoms with Crippen molar-refractivity contribution in [3.05, 3.63) is 42.1 Å². The smallest absolute Gasteiger partial charge is 0.305 e. The summed E-state index contributed by atoms with van der Waals surface area (Å²) in [5.41, 5.74) is 3.36. The van der Waals surface area contributed by atoms with Crippen LogP contribution in [0.3, 0.4) is 0 Å². The van der Waals surface area contributed by atoms with Gasteiger partial charge in [-0.15, -0.1) is 5.10 Å². The van der Waals surface area contributed by atoms with E-state index >= 15 is 0 Å². The molecule has 0 spiro atoms. The van der Waals surface area contributed by atoms with Crippen molar-refractivity contribution in [2.45, 2.75) is 45.4 Å². The Hall–Kier alpha value is -3.49. The fraction of sp³-hybridized carbons (Fsp3) is 0.480. The Morgan fingerprint density at radius 1 is 1.00 bits per heavy atom. The van der Waals surface area contributed by atoms with Crippen LogP contribution in [-0.4, -0.2) is 69.6 Å². The normalized spacial score (nSPS) is 14.5. The molecule has 3 aromatic rings. The van der Waals surface area contributed by atoms with E-state index in [1.54, 1.807) is 10.7 Å². The Labute approximate surface area is 199 Å². The van der Waals surface area contributed by atoms with Crippen LogP contribution < -0.4 is 4.90 Å². The first kappa shape index (κ1) is 23.7. The molecule has 1 aliphatic heterocycles. The third-order valence-electron chi connectivity index (χ3n) is 6.19. The van der Waals surface area contributed by atoms with Crippen molar-refractivity contribution in [1.82, 2.24) is 24.5 Å². The van der Waals surface area contributed by atoms with Crippen LogP contribution >= 0.6 is 0 Å². The van der Waals surface area contributed by atoms with Gasteiger partial charge in [-0.05, 0) is 23.5 Å². The Morgan fingerprint density at radius 2 is 1.71 bits per heavy atom. The molecule has 1 aliphatic rings. The number of esters is 1. The summed E-state index contributed by atoms with van der Waals surface area (Å²) in [4.78, 5) is 36.6. The molecule has 0 bridgehead atoms. The van der Waals surface area contributed by atoms with Crippen LogP contribution in [0.5, 0.6) is 0 Å². The molecule has 3 heterocycles. The zero-order valence-electron chi connectivity index (χ0n) is 20.3. The SMILES string of the molecule is COC(=O)CCCC(=O)N1CCN(c2nc3nccc(-c4ccc(C(C)(C)C)cc4)n3n2)CC1. The van der Waals surface area contributed by atoms with Gasteiger partial charge in [0.2, 0.25) is 11.9 Å². The highest BCUT2D eigenvalue weighted by molar-refractivity contribution is 5.77. The van der Waals surface area contributed by atoms with Crippen LogP contribution in [-0.2, 0) is 19.7 Å². The third-order valence-corrected chi connectivity index (χ3v) is 6.19. The second kappa shape index (κ2) is 9.79. The highest BCUT2D eigenvalue weighted by Crippen LogP contribution is 2.26. The predicted molar refractivity (Wildman–Crippen MR) is 130 cm³/mol. The number of carbonyl (C=O) groups excluding carboxylic acids is 2. The summed E-state index contributed by atoms with van der Waals surface area (Å²) in [5, 5.41) is 4.75. The van der Waals surface area contributed by atoms with Crippen LogP contribution in [0, 0.1) is 0 Å². The molecule has 1 saturated heterocycles. The number of amides is 1. The van der Waals surface area contributed by atoms with E-state index in [-0.39, 0.29) is 23.7 Å². The molecule has 9 nitrogen and oxygen atoms in total. The number of aromatic nitrogens is 4. The number of rotatable bonds is 6. The Kier molecular flexibility index (Phi) is 6.81. The number of anilines is 1. The molecule has 4 rings (SSSR count). The van der Waals surface area contributed by atoms with Gasteiger partial charge in [0.25, 0.3) is 5.78 Å². The topological polar surface area (TPSA) is 92.9 Å². The molecule has 180 valence electrons. The minimum Gasteiger partial charge on any atom is -0.469 e. The van der Waals surface area contributed by atoms with Gasteiger partial charge >= 0.3 is 5.97 Å². The standard InChI is InChI=1S/C25H32N6O3/c1-25(2,3)19-10-8-18(9-11-19)20-12-13-26-23-27-24(28-31(20)23)30-16-14-29(15-17-30)21(32)6-5-7-22(33)34-4/h8-13H,5-7,14-17H2,1-4H3. The van der Waals surface area contributed by atoms with Gasteiger partial charge in [0.1, 0.15) is 0 Å². The number of hydrogen-bond donors (Lipinski definition) is 0. The summed E-state index contributed by atoms with van der Waals surface area (Å²) in [7, 11) is 1.36. The lowest BCUT2D eigenvalue weighted by atomic mass is 9.86. The fourth-order valence-corrected chi connectivity index (χ4v) is 4.08. The van der Waals surface area contributed by atoms with Crippen molar-refractivity contribution in [1.29, 1.82) is 0 Å². The van der Waals surface area contributed by atoms with E-state index in [1.807, 2.05) is 11.0 Å². The Bertz CT molecular complexity index is 1160. The number of carbonyl (C=O) groups is 2. The number of methoxy groups -OCH3 is 1. The quantitative estimate of drug-likeness (QED) is 0.518. The van der Waals surface area contributed by atoms with E-state index in [2.05, 4.69) is 64.6 Å². The molecule has 0 aliphatic carbocycles. The maximum absolute atomic E-state index is 12.4. The summed E-state index contributed by atoms with van der Waals surface area (Å²) < 4.78 is 6.41. The van der Waals surface area contributed by atoms with Gasteiger partial charge in [0.15, 0.2) is 0 Å². The van der Waals surface area contributed by atoms with Crippen LogP contribution in [0.1, 0.15) is 45.6 Å². The molecule has 0 radical (unpaired) electrons. The molecule has 0 saturated carbocycles. The maximum Gasteiger partial charge on any atom is 0.305 e. The van der Waals surface area contributed by atoms with E-state index in [0.29, 0.717) is 50.7 Å². The third kappa shape index (κ3) is 5.18. The number of hydrogen-bond acceptors (Lipinski definition) is 7. The predicted octanol–water partition coefficient (Wildman–Crippen LogP) is 3.08. The minimum atomic E-state index is -0.284. The van der Waals surface area contributed by atoms with Crippen molar-refractivity contribution in [3.63, 3.8) is 0 Å². The van der Waals surface area contributed by atoms with Crippen LogP contribution in [0.25, 0.3) is 17.0 Å². The van der Waals surface area contributed by atoms with Crippen molar-refractivity contribution < 1.29 is 14.3 Å². The van der Waals surface area contributed by atoms with E-state index in [0.717, 1.165) is 11.3 Å². The molecule has 0 unspecified atom stereocenters. The molecule has 0 N–H and O–H groups in total. The fourth-order valence-electron chi connectivity index (χ4n) is 4.08. The first-order valence-corrected chi connectivity index (χ1v) is 11.7. The second-order valence-electron chi connectivity index (χ2n) is 9.58. The average molecular weight is 465 g/mol. The van der Waals surface area contributed by atoms with Crippen molar-refractivity contribution in [2.24, 2.45) is 0 Å². The Morgan fingerprint density at radius 3 is 2.35 bits per heavy atom. The van der Waals surface area contributed by atoms with Gasteiger partial charge in [-0.25, -0.2) is 4.98 Å². The average Bonchev–Trinajstić information content (AvgIpc) is 3.28. The Balaban J connectivity index is 1.43. The lowest BCUT2D eigenvalue weighted by molar-refractivity contribution is -0.140. The molecule has 1 amide bonds. The summed E-state index contributed by atoms with van der Waals surface area (Å²) in [5.74, 6) is 0.945. The van der Waals surface area contributed by atoms with Crippen LogP contribution in [0.2, 0.25) is 0 Å². The number of benzene rings is 1. The molecule has 2 aromatic heterocycles. The molecule has 9 heteroatoms. The highest BCUT2D eigenvalue weighted by atomic mass is 16.5. The number of piperazine rings is 1. The van der Waals surface area contributed by atoms with Gasteiger partial charge in [0.05, 0.1) is 12.8 Å². The van der Waals surface area contributed by atoms with Crippen molar-refractivity contribution in [2.75, 3.05) is 38.2 Å². The molecule has 1 fully saturated rings. The van der Waals surface area contributed by atoms with Gasteiger partial charge < -0.3 is 14.5 Å². The number of nitrogens with zero attached hydrogens (tertiary/aromatic N) is 6. The van der Waals surface area contributed by atoms with Gasteiger partial charge in [-0.3, -0.25) is 9.59 Å². The maximum atomic E-state index is 12.4. The van der Waals surface area contributed by atoms with Crippen LogP contribution in [0.4, 0.5) is 5.95 Å². The van der Waals surface area contributed by atoms with Crippen molar-refractivity contribution in [3.8, 4) is 11.3 Å². The molecule has 1 aromatic carbocycles. The lowest BCUT2D eigenvalue weighted by Gasteiger charge is -2.34. The zero-order valence-corrected chi connectivity index (χ0v) is 20.3. The monoisotopic (exact) mass is 464 g/mol. The number of ether oxygens (including phenoxy) is 1. The summed E-state index contributed by atoms with van der Waals surface area (Å²) in [6.45, 7) is 9.09. The molecular formula is C25H32N6O3. The number of fused-ring (bicyclic) bond motifs is 1. The van der Waals surface area contributed by atoms with Gasteiger partial charge in [0, 0.05) is 50.8 Å². The molecular weight excluding hydrogens is 432 g/mol. The first-order valence-electron chi connectivity index (χ1n) is 11.7. The summed E-state index contributed by atoms with van der Waals surface area (Å²) in [6, 6.07) is 10.5. The van der Waals surface area contributed by atoms with Gasteiger partial charge in [-0.2, -0.15) is 9.50 Å². The van der Waals surface area contributed by atoms with Crippen molar-refractivity contribution >= 4 is 23.6 Å². The highest BCUT2D eigenvalue weighted by Gasteiger charge is 2.24. The second-order valence-corrected chi connectivity index (χ2v) is 9.58. The molecule has 0 atom stereocenters. The zero-order chi connectivity index (χ0) is 24.3. The first-order chi connectivity index (χ1) is 16.3. The molecule has 34 heavy (non-hydrogen) atoms. The summed E-state index contributed by atoms with van der Waals surface area (Å²) in [6.07, 6.45) is 2.88. The minimum absolute atomic E-state index is 0.0640. The van der Waals surface area contributed by atoms with Gasteiger partial charge in [-0.1, -0.05) is 45.0 Å². The summed E-state index contributed by atoms with van der Waals surface area (Å²) >= 11 is 0. The van der Waals surface area contributed by atoms with E-state index in [1.165, 1.54) is 12.7 Å². The lowest BCUT2D eigenvalue weighted by Crippen LogP contribution is -2.49. The largest absolute Gasteiger partial charge is 0.469 e.